The van der Waals surface area contributed by atoms with Gasteiger partial charge in [-0.3, -0.25) is 4.79 Å². The molecule has 0 radical (unpaired) electrons. The molecule has 20 heavy (non-hydrogen) atoms. The highest BCUT2D eigenvalue weighted by Crippen LogP contribution is 2.21. The average Bonchev–Trinajstić information content (AvgIpc) is 2.83. The fraction of sp³-hybridized carbons (Fsp3) is 0.200. The van der Waals surface area contributed by atoms with E-state index >= 15 is 0 Å². The number of carbonyl (C=O) groups excluding carboxylic acids is 1. The summed E-state index contributed by atoms with van der Waals surface area (Å²) in [5.74, 6) is 0.0899. The number of nitrogens with one attached hydrogen (secondary N) is 1. The molecule has 2 rings (SSSR count). The third-order valence-corrected chi connectivity index (χ3v) is 2.98. The van der Waals surface area contributed by atoms with Gasteiger partial charge in [-0.2, -0.15) is 0 Å². The van der Waals surface area contributed by atoms with Gasteiger partial charge >= 0.3 is 0 Å². The number of hydrogen-bond acceptors (Lipinski definition) is 2. The van der Waals surface area contributed by atoms with Crippen LogP contribution >= 0.6 is 0 Å². The zero-order chi connectivity index (χ0) is 14.7. The first-order valence-corrected chi connectivity index (χ1v) is 6.18. The summed E-state index contributed by atoms with van der Waals surface area (Å²) >= 11 is 0. The minimum absolute atomic E-state index is 0.262. The minimum atomic E-state index is -0.445. The number of aromatic nitrogens is 2. The second-order valence-electron chi connectivity index (χ2n) is 4.63. The summed E-state index contributed by atoms with van der Waals surface area (Å²) in [5.41, 5.74) is 1.17. The molecule has 0 spiro atoms. The van der Waals surface area contributed by atoms with Gasteiger partial charge in [0.2, 0.25) is 5.91 Å². The SMILES string of the molecule is C=C(C)C(=O)NC(c1ccc(F)cc1)c1nccn1C. The number of amides is 1. The highest BCUT2D eigenvalue weighted by atomic mass is 19.1. The molecule has 4 nitrogen and oxygen atoms in total. The quantitative estimate of drug-likeness (QED) is 0.869. The molecule has 1 amide bonds. The van der Waals surface area contributed by atoms with Gasteiger partial charge in [-0.25, -0.2) is 9.37 Å². The van der Waals surface area contributed by atoms with Crippen molar-refractivity contribution in [3.05, 3.63) is 66.0 Å². The Labute approximate surface area is 117 Å². The van der Waals surface area contributed by atoms with Gasteiger partial charge in [0.1, 0.15) is 17.7 Å². The Balaban J connectivity index is 2.39. The summed E-state index contributed by atoms with van der Waals surface area (Å²) in [5, 5.41) is 2.85. The predicted molar refractivity (Wildman–Crippen MR) is 74.4 cm³/mol. The lowest BCUT2D eigenvalue weighted by atomic mass is 10.1. The van der Waals surface area contributed by atoms with E-state index in [1.165, 1.54) is 12.1 Å². The number of aryl methyl sites for hydroxylation is 1. The molecule has 2 aromatic rings. The van der Waals surface area contributed by atoms with Crippen LogP contribution in [0.3, 0.4) is 0 Å². The first kappa shape index (κ1) is 14.0. The second kappa shape index (κ2) is 5.69. The zero-order valence-electron chi connectivity index (χ0n) is 11.4. The summed E-state index contributed by atoms with van der Waals surface area (Å²) in [6, 6.07) is 5.54. The molecule has 0 saturated carbocycles. The molecule has 1 aromatic carbocycles. The van der Waals surface area contributed by atoms with Gasteiger partial charge in [0, 0.05) is 25.0 Å². The Bertz CT molecular complexity index is 631. The molecule has 1 aromatic heterocycles. The van der Waals surface area contributed by atoms with E-state index < -0.39 is 6.04 Å². The van der Waals surface area contributed by atoms with Gasteiger partial charge in [-0.05, 0) is 24.6 Å². The largest absolute Gasteiger partial charge is 0.338 e. The van der Waals surface area contributed by atoms with Crippen LogP contribution in [0.2, 0.25) is 0 Å². The lowest BCUT2D eigenvalue weighted by molar-refractivity contribution is -0.117. The Kier molecular flexibility index (Phi) is 3.98. The Morgan fingerprint density at radius 1 is 1.40 bits per heavy atom. The van der Waals surface area contributed by atoms with E-state index in [0.717, 1.165) is 5.56 Å². The summed E-state index contributed by atoms with van der Waals surface area (Å²) in [7, 11) is 1.84. The fourth-order valence-corrected chi connectivity index (χ4v) is 1.86. The van der Waals surface area contributed by atoms with Crippen molar-refractivity contribution in [1.82, 2.24) is 14.9 Å². The molecule has 1 N–H and O–H groups in total. The van der Waals surface area contributed by atoms with Crippen LogP contribution in [0.5, 0.6) is 0 Å². The standard InChI is InChI=1S/C15H16FN3O/c1-10(2)15(20)18-13(14-17-8-9-19(14)3)11-4-6-12(16)7-5-11/h4-9,13H,1H2,2-3H3,(H,18,20). The molecular formula is C15H16FN3O. The molecule has 0 bridgehead atoms. The van der Waals surface area contributed by atoms with E-state index in [0.29, 0.717) is 11.4 Å². The molecule has 0 aliphatic rings. The topological polar surface area (TPSA) is 46.9 Å². The highest BCUT2D eigenvalue weighted by Gasteiger charge is 2.20. The smallest absolute Gasteiger partial charge is 0.247 e. The van der Waals surface area contributed by atoms with E-state index in [1.54, 1.807) is 31.5 Å². The van der Waals surface area contributed by atoms with Gasteiger partial charge in [0.25, 0.3) is 0 Å². The van der Waals surface area contributed by atoms with Gasteiger partial charge in [0.15, 0.2) is 0 Å². The maximum absolute atomic E-state index is 13.0. The number of carbonyl (C=O) groups is 1. The van der Waals surface area contributed by atoms with Crippen LogP contribution in [0, 0.1) is 5.82 Å². The van der Waals surface area contributed by atoms with Crippen LogP contribution in [0.4, 0.5) is 4.39 Å². The van der Waals surface area contributed by atoms with Crippen molar-refractivity contribution >= 4 is 5.91 Å². The summed E-state index contributed by atoms with van der Waals surface area (Å²) < 4.78 is 14.9. The molecular weight excluding hydrogens is 257 g/mol. The van der Waals surface area contributed by atoms with Gasteiger partial charge in [-0.1, -0.05) is 18.7 Å². The minimum Gasteiger partial charge on any atom is -0.338 e. The Hall–Kier alpha value is -2.43. The molecule has 104 valence electrons. The van der Waals surface area contributed by atoms with Gasteiger partial charge in [0.05, 0.1) is 0 Å². The Morgan fingerprint density at radius 3 is 2.55 bits per heavy atom. The molecule has 0 fully saturated rings. The number of hydrogen-bond donors (Lipinski definition) is 1. The van der Waals surface area contributed by atoms with Crippen LogP contribution in [0.25, 0.3) is 0 Å². The van der Waals surface area contributed by atoms with Crippen molar-refractivity contribution < 1.29 is 9.18 Å². The maximum Gasteiger partial charge on any atom is 0.247 e. The summed E-state index contributed by atoms with van der Waals surface area (Å²) in [4.78, 5) is 16.1. The van der Waals surface area contributed by atoms with Crippen molar-refractivity contribution in [2.75, 3.05) is 0 Å². The first-order chi connectivity index (χ1) is 9.49. The average molecular weight is 273 g/mol. The number of halogens is 1. The van der Waals surface area contributed by atoms with Crippen molar-refractivity contribution in [2.24, 2.45) is 7.05 Å². The lowest BCUT2D eigenvalue weighted by Crippen LogP contribution is -2.31. The summed E-state index contributed by atoms with van der Waals surface area (Å²) in [6.07, 6.45) is 3.44. The molecule has 0 saturated heterocycles. The van der Waals surface area contributed by atoms with Crippen LogP contribution < -0.4 is 5.32 Å². The molecule has 5 heteroatoms. The molecule has 0 aliphatic carbocycles. The van der Waals surface area contributed by atoms with Crippen molar-refractivity contribution in [1.29, 1.82) is 0 Å². The normalized spacial score (nSPS) is 11.9. The Morgan fingerprint density at radius 2 is 2.05 bits per heavy atom. The van der Waals surface area contributed by atoms with Crippen molar-refractivity contribution in [3.63, 3.8) is 0 Å². The van der Waals surface area contributed by atoms with Crippen LogP contribution in [0.1, 0.15) is 24.4 Å². The highest BCUT2D eigenvalue weighted by molar-refractivity contribution is 5.92. The number of nitrogens with zero attached hydrogens (tertiary/aromatic N) is 2. The van der Waals surface area contributed by atoms with E-state index in [4.69, 9.17) is 0 Å². The van der Waals surface area contributed by atoms with Crippen LogP contribution in [-0.4, -0.2) is 15.5 Å². The van der Waals surface area contributed by atoms with E-state index in [1.807, 2.05) is 11.6 Å². The zero-order valence-corrected chi connectivity index (χ0v) is 11.4. The van der Waals surface area contributed by atoms with Crippen LogP contribution in [-0.2, 0) is 11.8 Å². The molecule has 0 aliphatic heterocycles. The van der Waals surface area contributed by atoms with E-state index in [2.05, 4.69) is 16.9 Å². The first-order valence-electron chi connectivity index (χ1n) is 6.18. The second-order valence-corrected chi connectivity index (χ2v) is 4.63. The van der Waals surface area contributed by atoms with Crippen molar-refractivity contribution in [2.45, 2.75) is 13.0 Å². The van der Waals surface area contributed by atoms with E-state index in [9.17, 15) is 9.18 Å². The lowest BCUT2D eigenvalue weighted by Gasteiger charge is -2.19. The van der Waals surface area contributed by atoms with Crippen LogP contribution in [0.15, 0.2) is 48.8 Å². The molecule has 1 unspecified atom stereocenters. The third kappa shape index (κ3) is 2.93. The number of rotatable bonds is 4. The predicted octanol–water partition coefficient (Wildman–Crippen LogP) is 2.34. The molecule has 1 atom stereocenters. The fourth-order valence-electron chi connectivity index (χ4n) is 1.86. The number of imidazole rings is 1. The van der Waals surface area contributed by atoms with Gasteiger partial charge < -0.3 is 9.88 Å². The van der Waals surface area contributed by atoms with Crippen molar-refractivity contribution in [3.8, 4) is 0 Å². The van der Waals surface area contributed by atoms with Gasteiger partial charge in [-0.15, -0.1) is 0 Å². The third-order valence-electron chi connectivity index (χ3n) is 2.98. The monoisotopic (exact) mass is 273 g/mol. The molecule has 1 heterocycles. The maximum atomic E-state index is 13.0. The summed E-state index contributed by atoms with van der Waals surface area (Å²) in [6.45, 7) is 5.25. The number of benzene rings is 1. The van der Waals surface area contributed by atoms with E-state index in [-0.39, 0.29) is 11.7 Å².